The lowest BCUT2D eigenvalue weighted by atomic mass is 9.93. The van der Waals surface area contributed by atoms with Crippen LogP contribution in [0.4, 0.5) is 11.4 Å². The zero-order valence-corrected chi connectivity index (χ0v) is 12.2. The van der Waals surface area contributed by atoms with E-state index in [9.17, 15) is 4.79 Å². The van der Waals surface area contributed by atoms with Gasteiger partial charge in [-0.2, -0.15) is 5.10 Å². The number of carbonyl (C=O) groups is 1. The summed E-state index contributed by atoms with van der Waals surface area (Å²) in [5.41, 5.74) is 2.38. The number of aromatic nitrogens is 2. The number of rotatable bonds is 5. The fourth-order valence-electron chi connectivity index (χ4n) is 2.45. The lowest BCUT2D eigenvalue weighted by Crippen LogP contribution is -2.27. The quantitative estimate of drug-likeness (QED) is 0.887. The van der Waals surface area contributed by atoms with Gasteiger partial charge in [0.2, 0.25) is 0 Å². The summed E-state index contributed by atoms with van der Waals surface area (Å²) in [6, 6.07) is 10.1. The second-order valence-electron chi connectivity index (χ2n) is 5.30. The maximum absolute atomic E-state index is 12.4. The molecular formula is C16H20N4O. The van der Waals surface area contributed by atoms with Crippen molar-refractivity contribution in [3.05, 3.63) is 42.2 Å². The molecule has 5 nitrogen and oxygen atoms in total. The van der Waals surface area contributed by atoms with E-state index in [1.165, 1.54) is 19.3 Å². The van der Waals surface area contributed by atoms with Crippen LogP contribution in [0.1, 0.15) is 36.7 Å². The van der Waals surface area contributed by atoms with E-state index in [0.717, 1.165) is 11.4 Å². The summed E-state index contributed by atoms with van der Waals surface area (Å²) >= 11 is 0. The third kappa shape index (κ3) is 2.91. The third-order valence-electron chi connectivity index (χ3n) is 3.89. The molecule has 1 aromatic carbocycles. The fraction of sp³-hybridized carbons (Fsp3) is 0.375. The van der Waals surface area contributed by atoms with Gasteiger partial charge >= 0.3 is 0 Å². The molecule has 0 saturated heterocycles. The molecule has 0 unspecified atom stereocenters. The predicted molar refractivity (Wildman–Crippen MR) is 83.6 cm³/mol. The smallest absolute Gasteiger partial charge is 0.273 e. The Bertz CT molecular complexity index is 631. The standard InChI is InChI=1S/C16H20N4O/c1-2-20-15(10-11-17-20)16(21)19-14-9-4-3-8-13(14)18-12-6-5-7-12/h3-4,8-12,18H,2,5-7H2,1H3,(H,19,21). The van der Waals surface area contributed by atoms with Gasteiger partial charge in [0.05, 0.1) is 11.4 Å². The molecule has 0 radical (unpaired) electrons. The van der Waals surface area contributed by atoms with Crippen LogP contribution in [0.3, 0.4) is 0 Å². The Hall–Kier alpha value is -2.30. The first-order valence-electron chi connectivity index (χ1n) is 7.46. The summed E-state index contributed by atoms with van der Waals surface area (Å²) in [7, 11) is 0. The average Bonchev–Trinajstić information content (AvgIpc) is 2.93. The van der Waals surface area contributed by atoms with Crippen LogP contribution in [0.5, 0.6) is 0 Å². The zero-order chi connectivity index (χ0) is 14.7. The minimum atomic E-state index is -0.128. The minimum absolute atomic E-state index is 0.128. The Labute approximate surface area is 124 Å². The number of amides is 1. The monoisotopic (exact) mass is 284 g/mol. The summed E-state index contributed by atoms with van der Waals surface area (Å²) in [5.74, 6) is -0.128. The molecule has 1 aromatic heterocycles. The van der Waals surface area contributed by atoms with Crippen molar-refractivity contribution in [3.63, 3.8) is 0 Å². The van der Waals surface area contributed by atoms with E-state index in [1.54, 1.807) is 16.9 Å². The molecule has 0 bridgehead atoms. The number of carbonyl (C=O) groups excluding carboxylic acids is 1. The number of nitrogens with zero attached hydrogens (tertiary/aromatic N) is 2. The van der Waals surface area contributed by atoms with Crippen molar-refractivity contribution in [1.82, 2.24) is 9.78 Å². The first-order valence-corrected chi connectivity index (χ1v) is 7.46. The maximum Gasteiger partial charge on any atom is 0.273 e. The molecule has 1 saturated carbocycles. The fourth-order valence-corrected chi connectivity index (χ4v) is 2.45. The van der Waals surface area contributed by atoms with E-state index in [0.29, 0.717) is 18.3 Å². The normalized spacial score (nSPS) is 14.5. The van der Waals surface area contributed by atoms with E-state index < -0.39 is 0 Å². The summed E-state index contributed by atoms with van der Waals surface area (Å²) in [5, 5.41) is 10.6. The number of anilines is 2. The van der Waals surface area contributed by atoms with Crippen LogP contribution in [0.25, 0.3) is 0 Å². The Morgan fingerprint density at radius 1 is 1.29 bits per heavy atom. The van der Waals surface area contributed by atoms with E-state index in [-0.39, 0.29) is 5.91 Å². The van der Waals surface area contributed by atoms with Crippen LogP contribution in [-0.2, 0) is 6.54 Å². The van der Waals surface area contributed by atoms with Crippen LogP contribution in [0, 0.1) is 0 Å². The van der Waals surface area contributed by atoms with Gasteiger partial charge < -0.3 is 10.6 Å². The molecule has 1 aliphatic rings. The van der Waals surface area contributed by atoms with Crippen molar-refractivity contribution < 1.29 is 4.79 Å². The highest BCUT2D eigenvalue weighted by Crippen LogP contribution is 2.28. The topological polar surface area (TPSA) is 59.0 Å². The van der Waals surface area contributed by atoms with Gasteiger partial charge in [0.1, 0.15) is 5.69 Å². The molecule has 1 amide bonds. The first-order chi connectivity index (χ1) is 10.3. The molecule has 0 aliphatic heterocycles. The van der Waals surface area contributed by atoms with Crippen LogP contribution in [0.15, 0.2) is 36.5 Å². The minimum Gasteiger partial charge on any atom is -0.381 e. The molecule has 21 heavy (non-hydrogen) atoms. The number of para-hydroxylation sites is 2. The van der Waals surface area contributed by atoms with Crippen molar-refractivity contribution in [1.29, 1.82) is 0 Å². The molecule has 2 N–H and O–H groups in total. The highest BCUT2D eigenvalue weighted by Gasteiger charge is 2.19. The number of hydrogen-bond donors (Lipinski definition) is 2. The third-order valence-corrected chi connectivity index (χ3v) is 3.89. The molecule has 1 fully saturated rings. The Morgan fingerprint density at radius 3 is 2.71 bits per heavy atom. The zero-order valence-electron chi connectivity index (χ0n) is 12.2. The molecule has 110 valence electrons. The average molecular weight is 284 g/mol. The predicted octanol–water partition coefficient (Wildman–Crippen LogP) is 3.12. The second kappa shape index (κ2) is 5.99. The van der Waals surface area contributed by atoms with Gasteiger partial charge in [0.25, 0.3) is 5.91 Å². The van der Waals surface area contributed by atoms with Crippen LogP contribution in [0.2, 0.25) is 0 Å². The van der Waals surface area contributed by atoms with E-state index in [2.05, 4.69) is 15.7 Å². The molecule has 5 heteroatoms. The van der Waals surface area contributed by atoms with Crippen LogP contribution < -0.4 is 10.6 Å². The van der Waals surface area contributed by atoms with Gasteiger partial charge in [-0.05, 0) is 44.4 Å². The summed E-state index contributed by atoms with van der Waals surface area (Å²) in [4.78, 5) is 12.4. The number of nitrogens with one attached hydrogen (secondary N) is 2. The van der Waals surface area contributed by atoms with Crippen molar-refractivity contribution >= 4 is 17.3 Å². The Kier molecular flexibility index (Phi) is 3.90. The molecule has 1 heterocycles. The van der Waals surface area contributed by atoms with E-state index in [4.69, 9.17) is 0 Å². The SMILES string of the molecule is CCn1nccc1C(=O)Nc1ccccc1NC1CCC1. The van der Waals surface area contributed by atoms with Crippen molar-refractivity contribution in [3.8, 4) is 0 Å². The van der Waals surface area contributed by atoms with E-state index >= 15 is 0 Å². The van der Waals surface area contributed by atoms with Crippen molar-refractivity contribution in [2.45, 2.75) is 38.8 Å². The number of benzene rings is 1. The van der Waals surface area contributed by atoms with Gasteiger partial charge in [-0.3, -0.25) is 9.48 Å². The lowest BCUT2D eigenvalue weighted by Gasteiger charge is -2.28. The molecule has 3 rings (SSSR count). The summed E-state index contributed by atoms with van der Waals surface area (Å²) in [6.45, 7) is 2.65. The maximum atomic E-state index is 12.4. The molecule has 1 aliphatic carbocycles. The van der Waals surface area contributed by atoms with Gasteiger partial charge in [-0.25, -0.2) is 0 Å². The first kappa shape index (κ1) is 13.7. The van der Waals surface area contributed by atoms with Gasteiger partial charge in [0.15, 0.2) is 0 Å². The highest BCUT2D eigenvalue weighted by molar-refractivity contribution is 6.04. The number of hydrogen-bond acceptors (Lipinski definition) is 3. The lowest BCUT2D eigenvalue weighted by molar-refractivity contribution is 0.101. The number of aryl methyl sites for hydroxylation is 1. The largest absolute Gasteiger partial charge is 0.381 e. The van der Waals surface area contributed by atoms with E-state index in [1.807, 2.05) is 31.2 Å². The van der Waals surface area contributed by atoms with Crippen molar-refractivity contribution in [2.75, 3.05) is 10.6 Å². The van der Waals surface area contributed by atoms with Crippen LogP contribution in [-0.4, -0.2) is 21.7 Å². The molecule has 0 spiro atoms. The van der Waals surface area contributed by atoms with Gasteiger partial charge in [-0.15, -0.1) is 0 Å². The molecule has 2 aromatic rings. The van der Waals surface area contributed by atoms with Crippen LogP contribution >= 0.6 is 0 Å². The Balaban J connectivity index is 1.76. The van der Waals surface area contributed by atoms with Gasteiger partial charge in [0, 0.05) is 18.8 Å². The Morgan fingerprint density at radius 2 is 2.05 bits per heavy atom. The summed E-state index contributed by atoms with van der Waals surface area (Å²) < 4.78 is 1.69. The van der Waals surface area contributed by atoms with Crippen molar-refractivity contribution in [2.24, 2.45) is 0 Å². The molecule has 0 atom stereocenters. The van der Waals surface area contributed by atoms with Gasteiger partial charge in [-0.1, -0.05) is 12.1 Å². The summed E-state index contributed by atoms with van der Waals surface area (Å²) in [6.07, 6.45) is 5.33. The molecular weight excluding hydrogens is 264 g/mol. The highest BCUT2D eigenvalue weighted by atomic mass is 16.2. The second-order valence-corrected chi connectivity index (χ2v) is 5.30.